The Bertz CT molecular complexity index is 787. The van der Waals surface area contributed by atoms with E-state index in [1.54, 1.807) is 6.33 Å². The molecule has 3 rings (SSSR count). The van der Waals surface area contributed by atoms with Gasteiger partial charge in [0.2, 0.25) is 0 Å². The van der Waals surface area contributed by atoms with Crippen LogP contribution in [0.15, 0.2) is 36.7 Å². The van der Waals surface area contributed by atoms with Gasteiger partial charge in [-0.25, -0.2) is 9.97 Å². The molecule has 1 saturated heterocycles. The molecule has 1 aliphatic rings. The Hall–Kier alpha value is -2.42. The van der Waals surface area contributed by atoms with Crippen molar-refractivity contribution in [3.05, 3.63) is 42.2 Å². The van der Waals surface area contributed by atoms with Crippen LogP contribution in [0.1, 0.15) is 18.9 Å². The van der Waals surface area contributed by atoms with Crippen molar-refractivity contribution in [2.45, 2.75) is 25.5 Å². The second kappa shape index (κ2) is 10.6. The van der Waals surface area contributed by atoms with Crippen LogP contribution in [0.2, 0.25) is 0 Å². The molecule has 0 saturated carbocycles. The van der Waals surface area contributed by atoms with Gasteiger partial charge in [0, 0.05) is 52.9 Å². The topological polar surface area (TPSA) is 83.0 Å². The van der Waals surface area contributed by atoms with Crippen LogP contribution in [0.3, 0.4) is 0 Å². The summed E-state index contributed by atoms with van der Waals surface area (Å²) >= 11 is 0. The maximum Gasteiger partial charge on any atom is 0.134 e. The number of ether oxygens (including phenoxy) is 2. The van der Waals surface area contributed by atoms with Crippen LogP contribution in [0.25, 0.3) is 0 Å². The van der Waals surface area contributed by atoms with Gasteiger partial charge in [0.15, 0.2) is 0 Å². The van der Waals surface area contributed by atoms with E-state index in [4.69, 9.17) is 9.47 Å². The Morgan fingerprint density at radius 3 is 2.73 bits per heavy atom. The largest absolute Gasteiger partial charge is 0.491 e. The fourth-order valence-corrected chi connectivity index (χ4v) is 3.46. The van der Waals surface area contributed by atoms with Gasteiger partial charge in [-0.2, -0.15) is 0 Å². The summed E-state index contributed by atoms with van der Waals surface area (Å²) in [6.45, 7) is 6.37. The Morgan fingerprint density at radius 1 is 1.20 bits per heavy atom. The van der Waals surface area contributed by atoms with Gasteiger partial charge in [0.25, 0.3) is 0 Å². The Kier molecular flexibility index (Phi) is 7.84. The van der Waals surface area contributed by atoms with Gasteiger partial charge in [0.05, 0.1) is 12.2 Å². The van der Waals surface area contributed by atoms with Crippen molar-refractivity contribution >= 4 is 11.6 Å². The summed E-state index contributed by atoms with van der Waals surface area (Å²) in [6.07, 6.45) is 2.28. The summed E-state index contributed by atoms with van der Waals surface area (Å²) in [5, 5.41) is 14.4. The average Bonchev–Trinajstić information content (AvgIpc) is 3.14. The number of rotatable bonds is 11. The highest BCUT2D eigenvalue weighted by Gasteiger charge is 2.36. The molecule has 0 unspecified atom stereocenters. The fraction of sp³-hybridized carbons (Fsp3) is 0.545. The van der Waals surface area contributed by atoms with Crippen molar-refractivity contribution in [1.29, 1.82) is 0 Å². The maximum atomic E-state index is 11.0. The number of β-amino-alcohol motifs (C(OH)–C–C–N with tert-alkyl or cyclic N) is 1. The van der Waals surface area contributed by atoms with Crippen LogP contribution in [-0.4, -0.2) is 74.2 Å². The van der Waals surface area contributed by atoms with E-state index in [0.717, 1.165) is 29.5 Å². The summed E-state index contributed by atoms with van der Waals surface area (Å²) in [4.78, 5) is 12.7. The average molecular weight is 416 g/mol. The second-order valence-corrected chi connectivity index (χ2v) is 7.82. The molecule has 2 heterocycles. The zero-order valence-corrected chi connectivity index (χ0v) is 18.2. The lowest BCUT2D eigenvalue weighted by Crippen LogP contribution is -2.43. The van der Waals surface area contributed by atoms with Crippen LogP contribution in [0, 0.1) is 0 Å². The van der Waals surface area contributed by atoms with Gasteiger partial charge < -0.3 is 29.7 Å². The van der Waals surface area contributed by atoms with Gasteiger partial charge >= 0.3 is 0 Å². The molecule has 0 radical (unpaired) electrons. The number of aromatic nitrogens is 2. The first-order valence-electron chi connectivity index (χ1n) is 10.5. The highest BCUT2D eigenvalue weighted by atomic mass is 16.5. The quantitative estimate of drug-likeness (QED) is 0.537. The molecular formula is C22H33N5O3. The summed E-state index contributed by atoms with van der Waals surface area (Å²) in [5.74, 6) is 2.55. The summed E-state index contributed by atoms with van der Waals surface area (Å²) < 4.78 is 10.9. The molecule has 1 aliphatic heterocycles. The molecule has 0 bridgehead atoms. The maximum absolute atomic E-state index is 11.0. The molecule has 0 spiro atoms. The Labute approximate surface area is 178 Å². The fourth-order valence-electron chi connectivity index (χ4n) is 3.46. The van der Waals surface area contributed by atoms with E-state index in [1.807, 2.05) is 56.3 Å². The molecule has 164 valence electrons. The van der Waals surface area contributed by atoms with Gasteiger partial charge in [-0.05, 0) is 31.0 Å². The van der Waals surface area contributed by atoms with Crippen molar-refractivity contribution in [1.82, 2.24) is 15.3 Å². The lowest BCUT2D eigenvalue weighted by Gasteiger charge is -2.24. The Balaban J connectivity index is 1.44. The Morgan fingerprint density at radius 2 is 2.00 bits per heavy atom. The molecule has 1 aromatic carbocycles. The lowest BCUT2D eigenvalue weighted by molar-refractivity contribution is 0.0626. The number of nitrogens with zero attached hydrogens (tertiary/aromatic N) is 4. The van der Waals surface area contributed by atoms with E-state index in [9.17, 15) is 5.11 Å². The van der Waals surface area contributed by atoms with E-state index in [2.05, 4.69) is 20.2 Å². The number of hydrogen-bond acceptors (Lipinski definition) is 8. The number of nitrogens with one attached hydrogen (secondary N) is 1. The minimum absolute atomic E-state index is 0.529. The van der Waals surface area contributed by atoms with Crippen LogP contribution in [0.4, 0.5) is 11.6 Å². The van der Waals surface area contributed by atoms with E-state index in [1.165, 1.54) is 0 Å². The molecular weight excluding hydrogens is 382 g/mol. The SMILES string of the molecule is CCOCCOc1ccc(CNC[C@@]2(O)CCN(c3cc(N(C)C)ncn3)C2)cc1. The predicted octanol–water partition coefficient (Wildman–Crippen LogP) is 1.69. The van der Waals surface area contributed by atoms with Crippen molar-refractivity contribution in [2.24, 2.45) is 0 Å². The minimum atomic E-state index is -0.772. The van der Waals surface area contributed by atoms with Crippen LogP contribution < -0.4 is 19.9 Å². The lowest BCUT2D eigenvalue weighted by atomic mass is 10.0. The monoisotopic (exact) mass is 415 g/mol. The standard InChI is InChI=1S/C22H33N5O3/c1-4-29-11-12-30-19-7-5-18(6-8-19)14-23-15-22(28)9-10-27(16-22)21-13-20(26(2)3)24-17-25-21/h5-8,13,17,23,28H,4,9-12,14-16H2,1-3H3/t22-/m0/s1. The first kappa shape index (κ1) is 22.3. The number of anilines is 2. The number of benzene rings is 1. The molecule has 8 nitrogen and oxygen atoms in total. The van der Waals surface area contributed by atoms with Crippen LogP contribution >= 0.6 is 0 Å². The highest BCUT2D eigenvalue weighted by Crippen LogP contribution is 2.26. The third-order valence-corrected chi connectivity index (χ3v) is 5.16. The van der Waals surface area contributed by atoms with Gasteiger partial charge in [0.1, 0.15) is 30.3 Å². The zero-order chi connectivity index (χ0) is 21.4. The molecule has 1 aromatic heterocycles. The smallest absolute Gasteiger partial charge is 0.134 e. The molecule has 1 atom stereocenters. The van der Waals surface area contributed by atoms with Crippen LogP contribution in [0.5, 0.6) is 5.75 Å². The third-order valence-electron chi connectivity index (χ3n) is 5.16. The van der Waals surface area contributed by atoms with Crippen molar-refractivity contribution in [3.63, 3.8) is 0 Å². The van der Waals surface area contributed by atoms with Gasteiger partial charge in [-0.1, -0.05) is 12.1 Å². The summed E-state index contributed by atoms with van der Waals surface area (Å²) in [5.41, 5.74) is 0.378. The predicted molar refractivity (Wildman–Crippen MR) is 118 cm³/mol. The van der Waals surface area contributed by atoms with E-state index < -0.39 is 5.60 Å². The number of aliphatic hydroxyl groups is 1. The van der Waals surface area contributed by atoms with Gasteiger partial charge in [-0.15, -0.1) is 0 Å². The molecule has 8 heteroatoms. The summed E-state index contributed by atoms with van der Waals surface area (Å²) in [7, 11) is 3.91. The van der Waals surface area contributed by atoms with E-state index >= 15 is 0 Å². The van der Waals surface area contributed by atoms with E-state index in [-0.39, 0.29) is 0 Å². The van der Waals surface area contributed by atoms with Crippen LogP contribution in [-0.2, 0) is 11.3 Å². The first-order valence-corrected chi connectivity index (χ1v) is 10.5. The summed E-state index contributed by atoms with van der Waals surface area (Å²) in [6, 6.07) is 9.96. The number of hydrogen-bond donors (Lipinski definition) is 2. The molecule has 1 fully saturated rings. The minimum Gasteiger partial charge on any atom is -0.491 e. The van der Waals surface area contributed by atoms with Crippen molar-refractivity contribution in [3.8, 4) is 5.75 Å². The third kappa shape index (κ3) is 6.29. The normalized spacial score (nSPS) is 18.6. The van der Waals surface area contributed by atoms with Crippen molar-refractivity contribution in [2.75, 3.05) is 63.4 Å². The molecule has 30 heavy (non-hydrogen) atoms. The molecule has 0 amide bonds. The molecule has 0 aliphatic carbocycles. The van der Waals surface area contributed by atoms with Gasteiger partial charge in [-0.3, -0.25) is 0 Å². The molecule has 2 aromatic rings. The zero-order valence-electron chi connectivity index (χ0n) is 18.2. The van der Waals surface area contributed by atoms with E-state index in [0.29, 0.717) is 45.9 Å². The highest BCUT2D eigenvalue weighted by molar-refractivity contribution is 5.50. The molecule has 2 N–H and O–H groups in total. The first-order chi connectivity index (χ1) is 14.5. The van der Waals surface area contributed by atoms with Crippen molar-refractivity contribution < 1.29 is 14.6 Å². The second-order valence-electron chi connectivity index (χ2n) is 7.82.